The largest absolute Gasteiger partial charge is 0.468 e. The van der Waals surface area contributed by atoms with Crippen LogP contribution in [-0.4, -0.2) is 178 Å². The summed E-state index contributed by atoms with van der Waals surface area (Å²) in [6.07, 6.45) is -1.13. The molecule has 0 aliphatic carbocycles. The molecule has 262 valence electrons. The van der Waals surface area contributed by atoms with Gasteiger partial charge >= 0.3 is 25.5 Å². The van der Waals surface area contributed by atoms with E-state index in [9.17, 15) is 28.9 Å². The van der Waals surface area contributed by atoms with E-state index in [1.165, 1.54) is 21.3 Å². The fourth-order valence-corrected chi connectivity index (χ4v) is 6.35. The molecule has 2 rings (SSSR count). The maximum absolute atomic E-state index is 12.7. The fourth-order valence-electron chi connectivity index (χ4n) is 5.14. The Morgan fingerprint density at radius 2 is 1.20 bits per heavy atom. The molecular formula is C30H52N5O10P. The molecule has 0 spiro atoms. The second kappa shape index (κ2) is 21.4. The molecule has 2 atom stereocenters. The predicted octanol–water partition coefficient (Wildman–Crippen LogP) is -0.230. The Kier molecular flexibility index (Phi) is 18.5. The maximum Gasteiger partial charge on any atom is 0.341 e. The number of hydrogen-bond donors (Lipinski definition) is 2. The van der Waals surface area contributed by atoms with Crippen LogP contribution >= 0.6 is 7.60 Å². The summed E-state index contributed by atoms with van der Waals surface area (Å²) in [5.74, 6) is -1.16. The Labute approximate surface area is 272 Å². The first-order valence-electron chi connectivity index (χ1n) is 15.5. The molecule has 0 radical (unpaired) electrons. The molecule has 1 aromatic rings. The highest BCUT2D eigenvalue weighted by molar-refractivity contribution is 7.52. The number of carbonyl (C=O) groups is 3. The quantitative estimate of drug-likeness (QED) is 0.134. The maximum atomic E-state index is 12.7. The minimum atomic E-state index is -3.92. The van der Waals surface area contributed by atoms with Crippen LogP contribution in [0.2, 0.25) is 0 Å². The second-order valence-electron chi connectivity index (χ2n) is 11.2. The van der Waals surface area contributed by atoms with Gasteiger partial charge in [-0.25, -0.2) is 0 Å². The number of aliphatic hydroxyl groups excluding tert-OH is 1. The highest BCUT2D eigenvalue weighted by Gasteiger charge is 2.27. The molecule has 15 nitrogen and oxygen atoms in total. The van der Waals surface area contributed by atoms with Gasteiger partial charge in [0.1, 0.15) is 6.29 Å². The van der Waals surface area contributed by atoms with Crippen molar-refractivity contribution < 1.29 is 47.7 Å². The summed E-state index contributed by atoms with van der Waals surface area (Å²) in [4.78, 5) is 56.5. The third-order valence-corrected chi connectivity index (χ3v) is 8.99. The van der Waals surface area contributed by atoms with Gasteiger partial charge in [-0.1, -0.05) is 30.3 Å². The van der Waals surface area contributed by atoms with Crippen LogP contribution < -0.4 is 0 Å². The number of aliphatic hydroxyl groups is 1. The molecule has 2 unspecified atom stereocenters. The average Bonchev–Trinajstić information content (AvgIpc) is 3.01. The number of rotatable bonds is 16. The lowest BCUT2D eigenvalue weighted by atomic mass is 10.2. The third-order valence-electron chi connectivity index (χ3n) is 7.57. The van der Waals surface area contributed by atoms with E-state index in [-0.39, 0.29) is 63.5 Å². The number of nitrogens with zero attached hydrogens (tertiary/aromatic N) is 5. The van der Waals surface area contributed by atoms with Crippen LogP contribution in [0, 0.1) is 0 Å². The fraction of sp³-hybridized carbons (Fsp3) is 0.700. The Bertz CT molecular complexity index is 1070. The van der Waals surface area contributed by atoms with E-state index in [0.717, 1.165) is 5.56 Å². The first kappa shape index (κ1) is 39.7. The summed E-state index contributed by atoms with van der Waals surface area (Å²) < 4.78 is 32.5. The van der Waals surface area contributed by atoms with Gasteiger partial charge in [0.2, 0.25) is 0 Å². The molecule has 0 amide bonds. The normalized spacial score (nSPS) is 18.6. The monoisotopic (exact) mass is 673 g/mol. The molecule has 1 aliphatic heterocycles. The van der Waals surface area contributed by atoms with Gasteiger partial charge < -0.3 is 28.7 Å². The molecule has 2 N–H and O–H groups in total. The molecule has 0 aromatic heterocycles. The zero-order valence-electron chi connectivity index (χ0n) is 27.6. The molecule has 16 heteroatoms. The van der Waals surface area contributed by atoms with Crippen molar-refractivity contribution in [2.45, 2.75) is 19.6 Å². The number of esters is 3. The van der Waals surface area contributed by atoms with Crippen molar-refractivity contribution in [2.24, 2.45) is 0 Å². The van der Waals surface area contributed by atoms with Gasteiger partial charge in [0.15, 0.2) is 0 Å². The number of ether oxygens (including phenoxy) is 3. The van der Waals surface area contributed by atoms with Crippen LogP contribution in [0.3, 0.4) is 0 Å². The summed E-state index contributed by atoms with van der Waals surface area (Å²) in [6, 6.07) is 9.49. The van der Waals surface area contributed by atoms with Crippen molar-refractivity contribution >= 4 is 25.5 Å². The van der Waals surface area contributed by atoms with Crippen molar-refractivity contribution in [3.8, 4) is 0 Å². The zero-order chi connectivity index (χ0) is 34.0. The SMILES string of the molecule is CCOP(=O)(O)CN(Cc1ccccc1)CC(O)CN1CCN(CC(=O)OC)CCN(CC(=O)OC)CCN(CC(=O)OC)CC1. The van der Waals surface area contributed by atoms with E-state index in [1.807, 2.05) is 45.0 Å². The minimum Gasteiger partial charge on any atom is -0.468 e. The van der Waals surface area contributed by atoms with E-state index in [1.54, 1.807) is 11.8 Å². The molecule has 1 fully saturated rings. The molecule has 1 aromatic carbocycles. The molecule has 0 bridgehead atoms. The summed E-state index contributed by atoms with van der Waals surface area (Å²) in [6.45, 7) is 6.38. The summed E-state index contributed by atoms with van der Waals surface area (Å²) in [5.41, 5.74) is 0.927. The highest BCUT2D eigenvalue weighted by atomic mass is 31.2. The molecular weight excluding hydrogens is 621 g/mol. The van der Waals surface area contributed by atoms with E-state index < -0.39 is 13.7 Å². The molecule has 1 aliphatic rings. The molecule has 1 heterocycles. The smallest absolute Gasteiger partial charge is 0.341 e. The Morgan fingerprint density at radius 3 is 1.59 bits per heavy atom. The highest BCUT2D eigenvalue weighted by Crippen LogP contribution is 2.42. The minimum absolute atomic E-state index is 0.0570. The van der Waals surface area contributed by atoms with Crippen molar-refractivity contribution in [3.05, 3.63) is 35.9 Å². The van der Waals surface area contributed by atoms with Gasteiger partial charge in [-0.3, -0.25) is 43.4 Å². The number of carbonyl (C=O) groups excluding carboxylic acids is 3. The Morgan fingerprint density at radius 1 is 0.783 bits per heavy atom. The molecule has 46 heavy (non-hydrogen) atoms. The number of β-amino-alcohol motifs (C(OH)–C–C–N with tert-alkyl or cyclic N) is 1. The topological polar surface area (TPSA) is 162 Å². The lowest BCUT2D eigenvalue weighted by Crippen LogP contribution is -2.50. The predicted molar refractivity (Wildman–Crippen MR) is 171 cm³/mol. The van der Waals surface area contributed by atoms with Crippen LogP contribution in [0.15, 0.2) is 30.3 Å². The van der Waals surface area contributed by atoms with Crippen LogP contribution in [0.25, 0.3) is 0 Å². The number of hydrogen-bond acceptors (Lipinski definition) is 14. The van der Waals surface area contributed by atoms with Gasteiger partial charge in [-0.2, -0.15) is 0 Å². The van der Waals surface area contributed by atoms with Gasteiger partial charge in [-0.15, -0.1) is 0 Å². The Balaban J connectivity index is 2.23. The van der Waals surface area contributed by atoms with Gasteiger partial charge in [0.25, 0.3) is 0 Å². The zero-order valence-corrected chi connectivity index (χ0v) is 28.5. The lowest BCUT2D eigenvalue weighted by molar-refractivity contribution is -0.144. The van der Waals surface area contributed by atoms with E-state index in [4.69, 9.17) is 18.7 Å². The van der Waals surface area contributed by atoms with E-state index >= 15 is 0 Å². The van der Waals surface area contributed by atoms with Crippen LogP contribution in [-0.2, 0) is 44.2 Å². The van der Waals surface area contributed by atoms with Crippen molar-refractivity contribution in [1.82, 2.24) is 24.5 Å². The molecule has 0 saturated carbocycles. The summed E-state index contributed by atoms with van der Waals surface area (Å²) in [7, 11) is 0.0797. The van der Waals surface area contributed by atoms with E-state index in [0.29, 0.717) is 58.9 Å². The van der Waals surface area contributed by atoms with Crippen LogP contribution in [0.4, 0.5) is 0 Å². The average molecular weight is 674 g/mol. The summed E-state index contributed by atoms with van der Waals surface area (Å²) in [5, 5.41) is 11.3. The van der Waals surface area contributed by atoms with Gasteiger partial charge in [0, 0.05) is 72.0 Å². The summed E-state index contributed by atoms with van der Waals surface area (Å²) >= 11 is 0. The van der Waals surface area contributed by atoms with E-state index in [2.05, 4.69) is 4.90 Å². The lowest BCUT2D eigenvalue weighted by Gasteiger charge is -2.34. The first-order valence-corrected chi connectivity index (χ1v) is 17.2. The van der Waals surface area contributed by atoms with Crippen molar-refractivity contribution in [2.75, 3.05) is 119 Å². The van der Waals surface area contributed by atoms with Crippen molar-refractivity contribution in [3.63, 3.8) is 0 Å². The number of methoxy groups -OCH3 is 3. The van der Waals surface area contributed by atoms with Gasteiger partial charge in [0.05, 0.1) is 53.7 Å². The molecule has 1 saturated heterocycles. The third kappa shape index (κ3) is 16.4. The van der Waals surface area contributed by atoms with Gasteiger partial charge in [-0.05, 0) is 12.5 Å². The van der Waals surface area contributed by atoms with Crippen LogP contribution in [0.5, 0.6) is 0 Å². The second-order valence-corrected chi connectivity index (χ2v) is 13.0. The van der Waals surface area contributed by atoms with Crippen LogP contribution in [0.1, 0.15) is 12.5 Å². The van der Waals surface area contributed by atoms with Crippen molar-refractivity contribution in [1.29, 1.82) is 0 Å². The standard InChI is InChI=1S/C30H52N5O10P/c1-5-45-46(40,41)25-35(19-26-9-7-6-8-10-26)21-27(36)20-31-11-13-32(22-28(37)42-2)15-17-34(24-30(39)44-4)18-16-33(14-12-31)23-29(38)43-3/h6-10,27,36H,5,11-25H2,1-4H3,(H,40,41). The Hall–Kier alpha value is -2.46. The first-order chi connectivity index (χ1) is 22.0. The number of benzene rings is 1.